The van der Waals surface area contributed by atoms with Gasteiger partial charge < -0.3 is 4.57 Å². The van der Waals surface area contributed by atoms with Crippen LogP contribution in [0.1, 0.15) is 38.4 Å². The molecular formula is C32H34FN5O. The maximum Gasteiger partial charge on any atom is 0.271 e. The van der Waals surface area contributed by atoms with E-state index >= 15 is 0 Å². The molecular weight excluding hydrogens is 489 g/mol. The lowest BCUT2D eigenvalue weighted by atomic mass is 10.1. The molecule has 5 rings (SSSR count). The number of amides is 1. The number of hydrogen-bond donors (Lipinski definition) is 1. The number of halogens is 1. The highest BCUT2D eigenvalue weighted by molar-refractivity contribution is 5.95. The van der Waals surface area contributed by atoms with Gasteiger partial charge in [-0.2, -0.15) is 5.10 Å². The summed E-state index contributed by atoms with van der Waals surface area (Å²) >= 11 is 0. The van der Waals surface area contributed by atoms with E-state index in [1.54, 1.807) is 18.3 Å². The number of piperazine rings is 1. The van der Waals surface area contributed by atoms with Crippen LogP contribution < -0.4 is 5.43 Å². The molecule has 1 fully saturated rings. The van der Waals surface area contributed by atoms with Gasteiger partial charge in [-0.15, -0.1) is 0 Å². The Balaban J connectivity index is 1.12. The molecule has 0 bridgehead atoms. The molecule has 0 spiro atoms. The number of aromatic nitrogens is 1. The summed E-state index contributed by atoms with van der Waals surface area (Å²) in [6.07, 6.45) is 1.60. The van der Waals surface area contributed by atoms with Gasteiger partial charge in [0.15, 0.2) is 0 Å². The third-order valence-corrected chi connectivity index (χ3v) is 7.27. The number of para-hydroxylation sites is 1. The Labute approximate surface area is 229 Å². The predicted octanol–water partition coefficient (Wildman–Crippen LogP) is 5.31. The summed E-state index contributed by atoms with van der Waals surface area (Å²) < 4.78 is 16.2. The minimum Gasteiger partial charge on any atom is -0.315 e. The fourth-order valence-electron chi connectivity index (χ4n) is 5.11. The lowest BCUT2D eigenvalue weighted by molar-refractivity contribution is 0.0955. The first kappa shape index (κ1) is 26.5. The van der Waals surface area contributed by atoms with Gasteiger partial charge in [0.05, 0.1) is 11.9 Å². The summed E-state index contributed by atoms with van der Waals surface area (Å²) in [5.74, 6) is -0.555. The van der Waals surface area contributed by atoms with Crippen LogP contribution in [0.3, 0.4) is 0 Å². The molecule has 1 amide bonds. The molecule has 39 heavy (non-hydrogen) atoms. The Hall–Kier alpha value is -4.07. The average Bonchev–Trinajstić information content (AvgIpc) is 3.23. The van der Waals surface area contributed by atoms with E-state index in [1.807, 2.05) is 54.8 Å². The number of hydrogen-bond acceptors (Lipinski definition) is 4. The van der Waals surface area contributed by atoms with Crippen molar-refractivity contribution in [2.45, 2.75) is 26.9 Å². The first-order valence-corrected chi connectivity index (χ1v) is 13.3. The van der Waals surface area contributed by atoms with Gasteiger partial charge in [0, 0.05) is 61.8 Å². The zero-order valence-electron chi connectivity index (χ0n) is 22.5. The highest BCUT2D eigenvalue weighted by atomic mass is 19.1. The molecule has 1 aliphatic rings. The van der Waals surface area contributed by atoms with Crippen LogP contribution in [0.25, 0.3) is 5.69 Å². The SMILES string of the molecule is Cc1cc(/C=N/NC(=O)c2ccc(CN3CCN(Cc4ccccc4)CC3)cc2)c(C)n1-c1ccccc1F. The highest BCUT2D eigenvalue weighted by Gasteiger charge is 2.17. The summed E-state index contributed by atoms with van der Waals surface area (Å²) in [5.41, 5.74) is 8.75. The molecule has 0 atom stereocenters. The molecule has 4 aromatic rings. The van der Waals surface area contributed by atoms with Crippen molar-refractivity contribution in [2.24, 2.45) is 5.10 Å². The van der Waals surface area contributed by atoms with Gasteiger partial charge in [-0.1, -0.05) is 54.6 Å². The molecule has 3 aromatic carbocycles. The summed E-state index contributed by atoms with van der Waals surface area (Å²) in [6, 6.07) is 26.9. The van der Waals surface area contributed by atoms with Crippen molar-refractivity contribution in [3.63, 3.8) is 0 Å². The van der Waals surface area contributed by atoms with Crippen LogP contribution in [0.5, 0.6) is 0 Å². The van der Waals surface area contributed by atoms with E-state index in [0.29, 0.717) is 11.3 Å². The van der Waals surface area contributed by atoms with Gasteiger partial charge >= 0.3 is 0 Å². The second-order valence-electron chi connectivity index (χ2n) is 10.0. The highest BCUT2D eigenvalue weighted by Crippen LogP contribution is 2.22. The zero-order chi connectivity index (χ0) is 27.2. The third-order valence-electron chi connectivity index (χ3n) is 7.27. The van der Waals surface area contributed by atoms with E-state index in [1.165, 1.54) is 17.2 Å². The lowest BCUT2D eigenvalue weighted by Gasteiger charge is -2.34. The van der Waals surface area contributed by atoms with Crippen LogP contribution in [0.4, 0.5) is 4.39 Å². The van der Waals surface area contributed by atoms with E-state index in [2.05, 4.69) is 50.7 Å². The molecule has 6 nitrogen and oxygen atoms in total. The Morgan fingerprint density at radius 1 is 0.846 bits per heavy atom. The number of rotatable bonds is 8. The molecule has 1 N–H and O–H groups in total. The second-order valence-corrected chi connectivity index (χ2v) is 10.0. The maximum atomic E-state index is 14.3. The predicted molar refractivity (Wildman–Crippen MR) is 154 cm³/mol. The molecule has 0 aliphatic carbocycles. The van der Waals surface area contributed by atoms with E-state index in [4.69, 9.17) is 0 Å². The minimum absolute atomic E-state index is 0.268. The third kappa shape index (κ3) is 6.50. The summed E-state index contributed by atoms with van der Waals surface area (Å²) in [6.45, 7) is 9.86. The average molecular weight is 524 g/mol. The summed E-state index contributed by atoms with van der Waals surface area (Å²) in [7, 11) is 0. The van der Waals surface area contributed by atoms with Crippen molar-refractivity contribution < 1.29 is 9.18 Å². The van der Waals surface area contributed by atoms with E-state index in [-0.39, 0.29) is 11.7 Å². The number of carbonyl (C=O) groups excluding carboxylic acids is 1. The van der Waals surface area contributed by atoms with Gasteiger partial charge in [-0.25, -0.2) is 9.82 Å². The summed E-state index contributed by atoms with van der Waals surface area (Å²) in [5, 5.41) is 4.16. The van der Waals surface area contributed by atoms with Crippen molar-refractivity contribution in [1.82, 2.24) is 19.8 Å². The monoisotopic (exact) mass is 523 g/mol. The van der Waals surface area contributed by atoms with Gasteiger partial charge in [-0.3, -0.25) is 14.6 Å². The Bertz CT molecular complexity index is 1440. The van der Waals surface area contributed by atoms with Crippen molar-refractivity contribution in [3.8, 4) is 5.69 Å². The fraction of sp³-hybridized carbons (Fsp3) is 0.250. The number of carbonyl (C=O) groups is 1. The quantitative estimate of drug-likeness (QED) is 0.251. The fourth-order valence-corrected chi connectivity index (χ4v) is 5.11. The van der Waals surface area contributed by atoms with Crippen LogP contribution in [-0.4, -0.2) is 52.7 Å². The topological polar surface area (TPSA) is 52.9 Å². The molecule has 0 unspecified atom stereocenters. The molecule has 0 saturated carbocycles. The van der Waals surface area contributed by atoms with Crippen molar-refractivity contribution in [3.05, 3.63) is 124 Å². The van der Waals surface area contributed by atoms with E-state index in [9.17, 15) is 9.18 Å². The van der Waals surface area contributed by atoms with Gasteiger partial charge in [-0.05, 0) is 55.3 Å². The number of benzene rings is 3. The molecule has 200 valence electrons. The Morgan fingerprint density at radius 2 is 1.44 bits per heavy atom. The normalized spacial score (nSPS) is 14.6. The van der Waals surface area contributed by atoms with Crippen LogP contribution in [0, 0.1) is 19.7 Å². The Kier molecular flexibility index (Phi) is 8.30. The van der Waals surface area contributed by atoms with Crippen LogP contribution in [-0.2, 0) is 13.1 Å². The maximum absolute atomic E-state index is 14.3. The second kappa shape index (κ2) is 12.2. The molecule has 2 heterocycles. The van der Waals surface area contributed by atoms with E-state index in [0.717, 1.165) is 56.2 Å². The van der Waals surface area contributed by atoms with Crippen molar-refractivity contribution in [2.75, 3.05) is 26.2 Å². The van der Waals surface area contributed by atoms with Crippen LogP contribution in [0.2, 0.25) is 0 Å². The smallest absolute Gasteiger partial charge is 0.271 e. The molecule has 7 heteroatoms. The van der Waals surface area contributed by atoms with Gasteiger partial charge in [0.1, 0.15) is 5.82 Å². The first-order chi connectivity index (χ1) is 19.0. The van der Waals surface area contributed by atoms with Gasteiger partial charge in [0.2, 0.25) is 0 Å². The largest absolute Gasteiger partial charge is 0.315 e. The van der Waals surface area contributed by atoms with Crippen molar-refractivity contribution in [1.29, 1.82) is 0 Å². The number of hydrazone groups is 1. The first-order valence-electron chi connectivity index (χ1n) is 13.3. The van der Waals surface area contributed by atoms with Crippen LogP contribution in [0.15, 0.2) is 90.0 Å². The number of nitrogens with one attached hydrogen (secondary N) is 1. The zero-order valence-corrected chi connectivity index (χ0v) is 22.5. The van der Waals surface area contributed by atoms with Crippen LogP contribution >= 0.6 is 0 Å². The molecule has 1 aliphatic heterocycles. The van der Waals surface area contributed by atoms with Crippen molar-refractivity contribution >= 4 is 12.1 Å². The molecule has 0 radical (unpaired) electrons. The van der Waals surface area contributed by atoms with E-state index < -0.39 is 0 Å². The summed E-state index contributed by atoms with van der Waals surface area (Å²) in [4.78, 5) is 17.6. The minimum atomic E-state index is -0.287. The molecule has 1 aromatic heterocycles. The lowest BCUT2D eigenvalue weighted by Crippen LogP contribution is -2.45. The number of nitrogens with zero attached hydrogens (tertiary/aromatic N) is 4. The molecule has 1 saturated heterocycles. The van der Waals surface area contributed by atoms with Gasteiger partial charge in [0.25, 0.3) is 5.91 Å². The standard InChI is InChI=1S/C32H34FN5O/c1-24-20-29(25(2)38(24)31-11-7-6-10-30(31)33)21-34-35-32(39)28-14-12-27(13-15-28)23-37-18-16-36(17-19-37)22-26-8-4-3-5-9-26/h3-15,20-21H,16-19,22-23H2,1-2H3,(H,35,39)/b34-21+. The Morgan fingerprint density at radius 3 is 2.08 bits per heavy atom. The number of aryl methyl sites for hydroxylation is 1.